The van der Waals surface area contributed by atoms with Crippen molar-refractivity contribution < 1.29 is 5.11 Å². The van der Waals surface area contributed by atoms with Gasteiger partial charge in [-0.1, -0.05) is 121 Å². The van der Waals surface area contributed by atoms with Gasteiger partial charge in [-0.05, 0) is 64.7 Å². The molecule has 0 saturated heterocycles. The molecule has 0 aliphatic carbocycles. The third-order valence-electron chi connectivity index (χ3n) is 9.02. The maximum absolute atomic E-state index is 12.1. The smallest absolute Gasteiger partial charge is 0.151 e. The number of benzene rings is 4. The van der Waals surface area contributed by atoms with Gasteiger partial charge in [-0.2, -0.15) is 0 Å². The van der Waals surface area contributed by atoms with Gasteiger partial charge in [0.05, 0.1) is 28.2 Å². The molecule has 5 heterocycles. The second-order valence-corrected chi connectivity index (χ2v) is 12.2. The summed E-state index contributed by atoms with van der Waals surface area (Å²) in [6.07, 6.45) is 4.08. The first-order valence-electron chi connectivity index (χ1n) is 16.3. The zero-order valence-electron chi connectivity index (χ0n) is 26.4. The minimum absolute atomic E-state index is 0.129. The van der Waals surface area contributed by atoms with Crippen LogP contribution in [0.3, 0.4) is 0 Å². The molecule has 8 bridgehead atoms. The summed E-state index contributed by atoms with van der Waals surface area (Å²) in [7, 11) is 0. The third kappa shape index (κ3) is 5.14. The molecule has 9 rings (SSSR count). The Bertz CT molecular complexity index is 2580. The summed E-state index contributed by atoms with van der Waals surface area (Å²) in [4.78, 5) is 17.6. The molecule has 49 heavy (non-hydrogen) atoms. The molecule has 0 saturated carbocycles. The van der Waals surface area contributed by atoms with Gasteiger partial charge in [-0.25, -0.2) is 9.97 Å². The van der Waals surface area contributed by atoms with Crippen molar-refractivity contribution in [1.82, 2.24) is 19.9 Å². The zero-order chi connectivity index (χ0) is 32.7. The van der Waals surface area contributed by atoms with Gasteiger partial charge in [-0.15, -0.1) is 0 Å². The van der Waals surface area contributed by atoms with Gasteiger partial charge in [-0.3, -0.25) is 0 Å². The lowest BCUT2D eigenvalue weighted by atomic mass is 9.91. The molecule has 0 spiro atoms. The van der Waals surface area contributed by atoms with Crippen molar-refractivity contribution in [3.8, 4) is 33.4 Å². The zero-order valence-corrected chi connectivity index (χ0v) is 26.4. The van der Waals surface area contributed by atoms with Crippen molar-refractivity contribution in [2.24, 2.45) is 0 Å². The van der Waals surface area contributed by atoms with Crippen LogP contribution in [0.2, 0.25) is 0 Å². The van der Waals surface area contributed by atoms with Crippen LogP contribution in [0.5, 0.6) is 0 Å². The number of hydrogen-bond acceptors (Lipinski definition) is 3. The number of fused-ring (bicyclic) bond motifs is 8. The summed E-state index contributed by atoms with van der Waals surface area (Å²) in [6.45, 7) is 0. The number of aromatic amines is 2. The normalized spacial score (nSPS) is 12.4. The van der Waals surface area contributed by atoms with E-state index in [2.05, 4.69) is 82.8 Å². The number of H-pyrrole nitrogens is 2. The van der Waals surface area contributed by atoms with Crippen LogP contribution in [0.1, 0.15) is 28.3 Å². The van der Waals surface area contributed by atoms with E-state index < -0.39 is 0 Å². The molecule has 0 amide bonds. The fourth-order valence-electron chi connectivity index (χ4n) is 6.85. The van der Waals surface area contributed by atoms with Crippen LogP contribution < -0.4 is 0 Å². The van der Waals surface area contributed by atoms with E-state index in [0.717, 1.165) is 72.4 Å². The SMILES string of the molecule is OC1=C(c2ccccc2)c2nc1cc1ccc(cc3nc(cc4[nH]c(c2-c2ccccc2)c(-c2ccccc2)c4-c2ccccc2)C=C3)[nH]1. The maximum atomic E-state index is 12.1. The minimum Gasteiger partial charge on any atom is -0.505 e. The van der Waals surface area contributed by atoms with Gasteiger partial charge in [0.2, 0.25) is 0 Å². The predicted molar refractivity (Wildman–Crippen MR) is 201 cm³/mol. The van der Waals surface area contributed by atoms with E-state index in [9.17, 15) is 5.11 Å². The van der Waals surface area contributed by atoms with Crippen molar-refractivity contribution in [2.45, 2.75) is 0 Å². The van der Waals surface area contributed by atoms with E-state index in [0.29, 0.717) is 17.0 Å². The van der Waals surface area contributed by atoms with Crippen LogP contribution in [-0.2, 0) is 0 Å². The molecule has 0 atom stereocenters. The molecular formula is C44H30N4O. The number of aromatic nitrogens is 4. The molecule has 232 valence electrons. The van der Waals surface area contributed by atoms with E-state index in [4.69, 9.17) is 9.97 Å². The van der Waals surface area contributed by atoms with Gasteiger partial charge in [0.1, 0.15) is 5.69 Å². The fraction of sp³-hybridized carbons (Fsp3) is 0. The number of hydrogen-bond donors (Lipinski definition) is 3. The maximum Gasteiger partial charge on any atom is 0.151 e. The molecule has 2 aliphatic rings. The first-order valence-corrected chi connectivity index (χ1v) is 16.3. The van der Waals surface area contributed by atoms with Crippen molar-refractivity contribution in [1.29, 1.82) is 0 Å². The van der Waals surface area contributed by atoms with Crippen molar-refractivity contribution in [3.63, 3.8) is 0 Å². The summed E-state index contributed by atoms with van der Waals surface area (Å²) in [5.41, 5.74) is 14.1. The van der Waals surface area contributed by atoms with E-state index in [1.165, 1.54) is 0 Å². The monoisotopic (exact) mass is 630 g/mol. The highest BCUT2D eigenvalue weighted by Crippen LogP contribution is 2.46. The molecule has 0 radical (unpaired) electrons. The van der Waals surface area contributed by atoms with Crippen LogP contribution in [-0.4, -0.2) is 25.0 Å². The molecule has 7 aromatic rings. The van der Waals surface area contributed by atoms with Crippen LogP contribution in [0.25, 0.3) is 78.9 Å². The van der Waals surface area contributed by atoms with E-state index >= 15 is 0 Å². The van der Waals surface area contributed by atoms with Crippen LogP contribution in [0.4, 0.5) is 0 Å². The van der Waals surface area contributed by atoms with Crippen LogP contribution >= 0.6 is 0 Å². The number of aliphatic hydroxyl groups excluding tert-OH is 1. The summed E-state index contributed by atoms with van der Waals surface area (Å²) < 4.78 is 0. The summed E-state index contributed by atoms with van der Waals surface area (Å²) in [6, 6.07) is 51.4. The Morgan fingerprint density at radius 3 is 1.57 bits per heavy atom. The first kappa shape index (κ1) is 28.5. The third-order valence-corrected chi connectivity index (χ3v) is 9.02. The molecule has 0 unspecified atom stereocenters. The highest BCUT2D eigenvalue weighted by Gasteiger charge is 2.28. The van der Waals surface area contributed by atoms with E-state index in [1.54, 1.807) is 0 Å². The number of rotatable bonds is 4. The number of nitrogens with zero attached hydrogens (tertiary/aromatic N) is 2. The highest BCUT2D eigenvalue weighted by molar-refractivity contribution is 6.11. The molecule has 3 aromatic heterocycles. The second kappa shape index (κ2) is 11.8. The largest absolute Gasteiger partial charge is 0.505 e. The van der Waals surface area contributed by atoms with E-state index in [1.807, 2.05) is 91.0 Å². The minimum atomic E-state index is 0.129. The van der Waals surface area contributed by atoms with E-state index in [-0.39, 0.29) is 5.76 Å². The molecule has 3 N–H and O–H groups in total. The van der Waals surface area contributed by atoms with Gasteiger partial charge >= 0.3 is 0 Å². The molecule has 2 aliphatic heterocycles. The lowest BCUT2D eigenvalue weighted by molar-refractivity contribution is 0.513. The van der Waals surface area contributed by atoms with Crippen molar-refractivity contribution in [2.75, 3.05) is 0 Å². The fourth-order valence-corrected chi connectivity index (χ4v) is 6.85. The van der Waals surface area contributed by atoms with Gasteiger partial charge in [0, 0.05) is 33.2 Å². The number of nitrogens with one attached hydrogen (secondary N) is 2. The Balaban J connectivity index is 1.56. The predicted octanol–water partition coefficient (Wildman–Crippen LogP) is 11.0. The quantitative estimate of drug-likeness (QED) is 0.181. The average Bonchev–Trinajstić information content (AvgIpc) is 3.94. The standard InChI is InChI=1S/C44H30N4O/c49-44-37-27-35-24-22-33(46-35)25-32-21-23-34(45-32)26-36-38(28-13-5-1-6-14-28)39(29-15-7-2-8-16-29)42(47-36)40(30-17-9-3-10-18-30)43(48-37)41(44)31-19-11-4-12-20-31/h1-27,46-47,49H. The Morgan fingerprint density at radius 2 is 0.959 bits per heavy atom. The lowest BCUT2D eigenvalue weighted by Gasteiger charge is -2.12. The van der Waals surface area contributed by atoms with Crippen molar-refractivity contribution >= 4 is 45.6 Å². The lowest BCUT2D eigenvalue weighted by Crippen LogP contribution is -1.93. The number of aliphatic hydroxyl groups is 1. The van der Waals surface area contributed by atoms with Gasteiger partial charge in [0.25, 0.3) is 0 Å². The van der Waals surface area contributed by atoms with Crippen LogP contribution in [0, 0.1) is 0 Å². The molecule has 5 heteroatoms. The Morgan fingerprint density at radius 1 is 0.449 bits per heavy atom. The summed E-state index contributed by atoms with van der Waals surface area (Å²) >= 11 is 0. The summed E-state index contributed by atoms with van der Waals surface area (Å²) in [5, 5.41) is 12.1. The van der Waals surface area contributed by atoms with Crippen molar-refractivity contribution in [3.05, 3.63) is 180 Å². The molecular weight excluding hydrogens is 601 g/mol. The summed E-state index contributed by atoms with van der Waals surface area (Å²) in [5.74, 6) is 0.129. The topological polar surface area (TPSA) is 77.6 Å². The first-order chi connectivity index (χ1) is 24.2. The molecule has 4 aromatic carbocycles. The Labute approximate surface area is 283 Å². The highest BCUT2D eigenvalue weighted by atomic mass is 16.3. The van der Waals surface area contributed by atoms with Gasteiger partial charge < -0.3 is 15.1 Å². The second-order valence-electron chi connectivity index (χ2n) is 12.2. The van der Waals surface area contributed by atoms with Gasteiger partial charge in [0.15, 0.2) is 5.76 Å². The van der Waals surface area contributed by atoms with Crippen LogP contribution in [0.15, 0.2) is 152 Å². The Hall–Kier alpha value is -6.72. The molecule has 5 nitrogen and oxygen atoms in total. The average molecular weight is 631 g/mol. The molecule has 0 fully saturated rings. The Kier molecular flexibility index (Phi) is 6.87.